The number of rotatable bonds is 10. The molecule has 0 aliphatic rings. The number of aliphatic carboxylic acids is 1. The number of ether oxygens (including phenoxy) is 1. The van der Waals surface area contributed by atoms with Gasteiger partial charge in [0.1, 0.15) is 12.6 Å². The lowest BCUT2D eigenvalue weighted by atomic mass is 9.96. The van der Waals surface area contributed by atoms with E-state index in [0.29, 0.717) is 0 Å². The van der Waals surface area contributed by atoms with E-state index in [-0.39, 0.29) is 26.0 Å². The molecule has 0 heterocycles. The Kier molecular flexibility index (Phi) is 9.02. The Morgan fingerprint density at radius 2 is 1.65 bits per heavy atom. The number of hydrogen-bond acceptors (Lipinski definition) is 5. The van der Waals surface area contributed by atoms with E-state index in [9.17, 15) is 24.6 Å². The lowest BCUT2D eigenvalue weighted by Crippen LogP contribution is -2.44. The van der Waals surface area contributed by atoms with Gasteiger partial charge in [-0.25, -0.2) is 9.59 Å². The number of nitrogens with one attached hydrogen (secondary N) is 2. The number of carbonyl (C=O) groups is 3. The van der Waals surface area contributed by atoms with E-state index >= 15 is 0 Å². The number of benzene rings is 2. The first-order valence-corrected chi connectivity index (χ1v) is 9.96. The molecule has 2 aromatic rings. The molecule has 0 saturated carbocycles. The summed E-state index contributed by atoms with van der Waals surface area (Å²) < 4.78 is 5.03. The van der Waals surface area contributed by atoms with Crippen LogP contribution in [0.4, 0.5) is 4.79 Å². The highest BCUT2D eigenvalue weighted by atomic mass is 16.5. The van der Waals surface area contributed by atoms with Crippen molar-refractivity contribution < 1.29 is 29.3 Å². The second-order valence-corrected chi connectivity index (χ2v) is 7.33. The van der Waals surface area contributed by atoms with Crippen LogP contribution in [0.25, 0.3) is 0 Å². The topological polar surface area (TPSA) is 125 Å². The molecule has 2 aromatic carbocycles. The van der Waals surface area contributed by atoms with Crippen LogP contribution in [-0.4, -0.2) is 46.9 Å². The Morgan fingerprint density at radius 3 is 2.26 bits per heavy atom. The number of carbonyl (C=O) groups excluding carboxylic acids is 2. The van der Waals surface area contributed by atoms with Crippen LogP contribution in [0.2, 0.25) is 0 Å². The second kappa shape index (κ2) is 11.7. The first kappa shape index (κ1) is 23.9. The van der Waals surface area contributed by atoms with Gasteiger partial charge in [0.05, 0.1) is 12.5 Å². The molecule has 166 valence electrons. The lowest BCUT2D eigenvalue weighted by Gasteiger charge is -2.18. The van der Waals surface area contributed by atoms with Crippen molar-refractivity contribution in [2.75, 3.05) is 6.54 Å². The predicted molar refractivity (Wildman–Crippen MR) is 114 cm³/mol. The maximum Gasteiger partial charge on any atom is 0.407 e. The van der Waals surface area contributed by atoms with Crippen molar-refractivity contribution in [2.24, 2.45) is 0 Å². The van der Waals surface area contributed by atoms with Crippen LogP contribution < -0.4 is 10.6 Å². The van der Waals surface area contributed by atoms with Crippen molar-refractivity contribution in [2.45, 2.75) is 45.4 Å². The number of aryl methyl sites for hydroxylation is 2. The first-order chi connectivity index (χ1) is 14.8. The molecule has 8 heteroatoms. The van der Waals surface area contributed by atoms with Gasteiger partial charge in [-0.15, -0.1) is 0 Å². The molecule has 0 aromatic heterocycles. The van der Waals surface area contributed by atoms with E-state index in [4.69, 9.17) is 4.74 Å². The summed E-state index contributed by atoms with van der Waals surface area (Å²) in [7, 11) is 0. The summed E-state index contributed by atoms with van der Waals surface area (Å²) in [5, 5.41) is 24.3. The molecule has 0 radical (unpaired) electrons. The van der Waals surface area contributed by atoms with Crippen molar-refractivity contribution in [3.05, 3.63) is 70.8 Å². The summed E-state index contributed by atoms with van der Waals surface area (Å²) in [6.45, 7) is 3.66. The van der Waals surface area contributed by atoms with Crippen LogP contribution in [0.3, 0.4) is 0 Å². The summed E-state index contributed by atoms with van der Waals surface area (Å²) in [5.74, 6) is -1.78. The molecule has 4 N–H and O–H groups in total. The number of alkyl carbamates (subject to hydrolysis) is 1. The van der Waals surface area contributed by atoms with Crippen LogP contribution in [0.5, 0.6) is 0 Å². The molecule has 31 heavy (non-hydrogen) atoms. The minimum absolute atomic E-state index is 0.0852. The Hall–Kier alpha value is -3.39. The zero-order chi connectivity index (χ0) is 22.8. The minimum atomic E-state index is -1.18. The molecule has 2 atom stereocenters. The van der Waals surface area contributed by atoms with Crippen molar-refractivity contribution >= 4 is 18.0 Å². The zero-order valence-corrected chi connectivity index (χ0v) is 17.6. The molecule has 0 spiro atoms. The van der Waals surface area contributed by atoms with Gasteiger partial charge in [0.15, 0.2) is 0 Å². The van der Waals surface area contributed by atoms with Gasteiger partial charge in [0.2, 0.25) is 5.91 Å². The van der Waals surface area contributed by atoms with Crippen LogP contribution in [0, 0.1) is 13.8 Å². The normalized spacial score (nSPS) is 12.5. The number of hydrogen-bond donors (Lipinski definition) is 4. The molecule has 0 unspecified atom stereocenters. The molecule has 8 nitrogen and oxygen atoms in total. The van der Waals surface area contributed by atoms with Gasteiger partial charge in [-0.1, -0.05) is 48.5 Å². The molecule has 0 fully saturated rings. The Bertz CT molecular complexity index is 880. The lowest BCUT2D eigenvalue weighted by molar-refractivity contribution is -0.142. The van der Waals surface area contributed by atoms with Crippen LogP contribution >= 0.6 is 0 Å². The zero-order valence-electron chi connectivity index (χ0n) is 17.6. The highest BCUT2D eigenvalue weighted by molar-refractivity contribution is 5.84. The third kappa shape index (κ3) is 8.10. The highest BCUT2D eigenvalue weighted by Gasteiger charge is 2.23. The van der Waals surface area contributed by atoms with E-state index in [2.05, 4.69) is 10.6 Å². The summed E-state index contributed by atoms with van der Waals surface area (Å²) in [4.78, 5) is 35.5. The fourth-order valence-corrected chi connectivity index (χ4v) is 3.09. The molecule has 2 rings (SSSR count). The van der Waals surface area contributed by atoms with Crippen molar-refractivity contribution in [3.63, 3.8) is 0 Å². The smallest absolute Gasteiger partial charge is 0.407 e. The van der Waals surface area contributed by atoms with Gasteiger partial charge in [0, 0.05) is 13.0 Å². The molecular weight excluding hydrogens is 400 g/mol. The number of aliphatic hydroxyl groups excluding tert-OH is 1. The Morgan fingerprint density at radius 1 is 1.00 bits per heavy atom. The van der Waals surface area contributed by atoms with Crippen molar-refractivity contribution in [3.8, 4) is 0 Å². The minimum Gasteiger partial charge on any atom is -0.480 e. The van der Waals surface area contributed by atoms with Crippen LogP contribution in [0.15, 0.2) is 48.5 Å². The molecule has 0 aliphatic heterocycles. The average molecular weight is 428 g/mol. The van der Waals surface area contributed by atoms with Gasteiger partial charge in [-0.05, 0) is 36.1 Å². The quantitative estimate of drug-likeness (QED) is 0.459. The van der Waals surface area contributed by atoms with Gasteiger partial charge < -0.3 is 25.6 Å². The number of carboxylic acids is 1. The largest absolute Gasteiger partial charge is 0.480 e. The van der Waals surface area contributed by atoms with E-state index < -0.39 is 30.1 Å². The monoisotopic (exact) mass is 428 g/mol. The van der Waals surface area contributed by atoms with Gasteiger partial charge in [0.25, 0.3) is 0 Å². The maximum absolute atomic E-state index is 12.2. The predicted octanol–water partition coefficient (Wildman–Crippen LogP) is 2.09. The third-order valence-corrected chi connectivity index (χ3v) is 4.80. The van der Waals surface area contributed by atoms with E-state index in [1.54, 1.807) is 0 Å². The van der Waals surface area contributed by atoms with Crippen molar-refractivity contribution in [1.29, 1.82) is 0 Å². The molecule has 0 aliphatic carbocycles. The number of carboxylic acid groups (broad SMARTS) is 1. The van der Waals surface area contributed by atoms with Crippen molar-refractivity contribution in [1.82, 2.24) is 10.6 Å². The van der Waals surface area contributed by atoms with Crippen LogP contribution in [0.1, 0.15) is 28.7 Å². The summed E-state index contributed by atoms with van der Waals surface area (Å²) in [6.07, 6.45) is -2.12. The Labute approximate surface area is 181 Å². The number of aliphatic hydroxyl groups is 1. The van der Waals surface area contributed by atoms with Gasteiger partial charge in [-0.2, -0.15) is 0 Å². The SMILES string of the molecule is Cc1cccc(C)c1C[C@H](NC(=O)C[C@H](O)CNC(=O)OCc1ccccc1)C(=O)O. The number of amides is 2. The second-order valence-electron chi connectivity index (χ2n) is 7.33. The Balaban J connectivity index is 1.78. The van der Waals surface area contributed by atoms with Gasteiger partial charge in [-0.3, -0.25) is 4.79 Å². The summed E-state index contributed by atoms with van der Waals surface area (Å²) in [5.41, 5.74) is 3.57. The summed E-state index contributed by atoms with van der Waals surface area (Å²) >= 11 is 0. The van der Waals surface area contributed by atoms with Gasteiger partial charge >= 0.3 is 12.1 Å². The average Bonchev–Trinajstić information content (AvgIpc) is 2.73. The molecule has 0 saturated heterocycles. The molecule has 0 bridgehead atoms. The molecule has 2 amide bonds. The summed E-state index contributed by atoms with van der Waals surface area (Å²) in [6, 6.07) is 13.6. The highest BCUT2D eigenvalue weighted by Crippen LogP contribution is 2.15. The fraction of sp³-hybridized carbons (Fsp3) is 0.348. The maximum atomic E-state index is 12.2. The fourth-order valence-electron chi connectivity index (χ4n) is 3.09. The molecular formula is C23H28N2O6. The van der Waals surface area contributed by atoms with E-state index in [0.717, 1.165) is 22.3 Å². The van der Waals surface area contributed by atoms with Crippen LogP contribution in [-0.2, 0) is 27.4 Å². The van der Waals surface area contributed by atoms with E-state index in [1.165, 1.54) is 0 Å². The standard InChI is InChI=1S/C23H28N2O6/c1-15-7-6-8-16(2)19(15)12-20(22(28)29)25-21(27)11-18(26)13-24-23(30)31-14-17-9-4-3-5-10-17/h3-10,18,20,26H,11-14H2,1-2H3,(H,24,30)(H,25,27)(H,28,29)/t18-,20-/m0/s1. The third-order valence-electron chi connectivity index (χ3n) is 4.80. The first-order valence-electron chi connectivity index (χ1n) is 9.96. The van der Waals surface area contributed by atoms with E-state index in [1.807, 2.05) is 62.4 Å².